The normalized spacial score (nSPS) is 10.3. The number of methoxy groups -OCH3 is 1. The van der Waals surface area contributed by atoms with Crippen LogP contribution in [-0.4, -0.2) is 22.4 Å². The van der Waals surface area contributed by atoms with Crippen molar-refractivity contribution in [2.24, 2.45) is 0 Å². The molecule has 2 rings (SSSR count). The van der Waals surface area contributed by atoms with Crippen LogP contribution in [0.1, 0.15) is 11.3 Å². The zero-order chi connectivity index (χ0) is 14.5. The average molecular weight is 272 g/mol. The fraction of sp³-hybridized carbons (Fsp3) is 0.267. The second kappa shape index (κ2) is 6.14. The van der Waals surface area contributed by atoms with Crippen LogP contribution in [0.5, 0.6) is 6.01 Å². The van der Waals surface area contributed by atoms with Crippen LogP contribution in [0.2, 0.25) is 0 Å². The molecule has 0 aliphatic heterocycles. The maximum atomic E-state index is 12.0. The molecule has 2 aromatic rings. The molecule has 0 atom stereocenters. The smallest absolute Gasteiger partial charge is 0.299 e. The van der Waals surface area contributed by atoms with E-state index in [1.54, 1.807) is 6.92 Å². The van der Waals surface area contributed by atoms with E-state index in [4.69, 9.17) is 4.74 Å². The van der Waals surface area contributed by atoms with Crippen molar-refractivity contribution in [3.63, 3.8) is 0 Å². The Balaban J connectivity index is 2.18. The number of ether oxygens (including phenoxy) is 1. The van der Waals surface area contributed by atoms with Crippen molar-refractivity contribution >= 4 is 5.78 Å². The minimum Gasteiger partial charge on any atom is -0.468 e. The maximum absolute atomic E-state index is 12.0. The molecular weight excluding hydrogens is 256 g/mol. The monoisotopic (exact) mass is 272 g/mol. The molecule has 5 heteroatoms. The summed E-state index contributed by atoms with van der Waals surface area (Å²) in [6.45, 7) is 1.67. The molecule has 0 aliphatic rings. The van der Waals surface area contributed by atoms with E-state index in [2.05, 4.69) is 4.98 Å². The predicted octanol–water partition coefficient (Wildman–Crippen LogP) is 1.37. The number of hydrogen-bond acceptors (Lipinski definition) is 4. The van der Waals surface area contributed by atoms with Gasteiger partial charge < -0.3 is 4.74 Å². The van der Waals surface area contributed by atoms with Gasteiger partial charge >= 0.3 is 0 Å². The molecule has 5 nitrogen and oxygen atoms in total. The largest absolute Gasteiger partial charge is 0.468 e. The molecule has 0 fully saturated rings. The van der Waals surface area contributed by atoms with Crippen LogP contribution in [-0.2, 0) is 17.8 Å². The Morgan fingerprint density at radius 3 is 2.65 bits per heavy atom. The lowest BCUT2D eigenvalue weighted by Gasteiger charge is -2.10. The molecule has 0 unspecified atom stereocenters. The number of ketones is 1. The number of aromatic nitrogens is 2. The molecule has 0 spiro atoms. The molecule has 0 saturated carbocycles. The van der Waals surface area contributed by atoms with Crippen molar-refractivity contribution in [1.82, 2.24) is 9.55 Å². The molecule has 1 aromatic heterocycles. The van der Waals surface area contributed by atoms with Gasteiger partial charge in [0.05, 0.1) is 13.7 Å². The Morgan fingerprint density at radius 2 is 2.00 bits per heavy atom. The third-order valence-corrected chi connectivity index (χ3v) is 2.86. The van der Waals surface area contributed by atoms with Crippen LogP contribution in [0.15, 0.2) is 41.2 Å². The fourth-order valence-corrected chi connectivity index (χ4v) is 1.95. The van der Waals surface area contributed by atoms with E-state index in [1.807, 2.05) is 30.3 Å². The number of hydrogen-bond donors (Lipinski definition) is 0. The minimum atomic E-state index is -0.282. The minimum absolute atomic E-state index is 0.0375. The molecule has 0 N–H and O–H groups in total. The second-order valence-corrected chi connectivity index (χ2v) is 4.51. The van der Waals surface area contributed by atoms with Crippen molar-refractivity contribution in [1.29, 1.82) is 0 Å². The van der Waals surface area contributed by atoms with Crippen molar-refractivity contribution in [3.8, 4) is 6.01 Å². The highest BCUT2D eigenvalue weighted by Gasteiger charge is 2.12. The van der Waals surface area contributed by atoms with E-state index in [-0.39, 0.29) is 30.3 Å². The van der Waals surface area contributed by atoms with Gasteiger partial charge in [0.1, 0.15) is 0 Å². The topological polar surface area (TPSA) is 61.2 Å². The molecule has 20 heavy (non-hydrogen) atoms. The first-order valence-corrected chi connectivity index (χ1v) is 6.28. The summed E-state index contributed by atoms with van der Waals surface area (Å²) < 4.78 is 6.31. The molecular formula is C15H16N2O3. The van der Waals surface area contributed by atoms with Gasteiger partial charge in [-0.05, 0) is 12.5 Å². The Bertz CT molecular complexity index is 663. The van der Waals surface area contributed by atoms with Crippen LogP contribution in [0, 0.1) is 6.92 Å². The van der Waals surface area contributed by atoms with E-state index in [1.165, 1.54) is 17.7 Å². The molecule has 0 amide bonds. The van der Waals surface area contributed by atoms with Crippen LogP contribution in [0.4, 0.5) is 0 Å². The lowest BCUT2D eigenvalue weighted by Crippen LogP contribution is -2.27. The van der Waals surface area contributed by atoms with E-state index in [0.717, 1.165) is 5.56 Å². The Labute approximate surface area is 116 Å². The van der Waals surface area contributed by atoms with E-state index in [9.17, 15) is 9.59 Å². The molecule has 1 aromatic carbocycles. The number of rotatable bonds is 5. The summed E-state index contributed by atoms with van der Waals surface area (Å²) in [6, 6.07) is 11.0. The van der Waals surface area contributed by atoms with Gasteiger partial charge in [-0.25, -0.2) is 4.98 Å². The first kappa shape index (κ1) is 14.0. The third kappa shape index (κ3) is 3.32. The molecule has 1 heterocycles. The van der Waals surface area contributed by atoms with Gasteiger partial charge in [0.25, 0.3) is 11.6 Å². The third-order valence-electron chi connectivity index (χ3n) is 2.86. The van der Waals surface area contributed by atoms with E-state index < -0.39 is 0 Å². The van der Waals surface area contributed by atoms with Crippen molar-refractivity contribution in [2.75, 3.05) is 7.11 Å². The molecule has 0 bridgehead atoms. The number of carbonyl (C=O) groups excluding carboxylic acids is 1. The lowest BCUT2D eigenvalue weighted by atomic mass is 10.1. The summed E-state index contributed by atoms with van der Waals surface area (Å²) in [5.74, 6) is -0.0674. The van der Waals surface area contributed by atoms with Gasteiger partial charge in [0.15, 0.2) is 5.78 Å². The fourth-order valence-electron chi connectivity index (χ4n) is 1.95. The highest BCUT2D eigenvalue weighted by atomic mass is 16.5. The van der Waals surface area contributed by atoms with Crippen molar-refractivity contribution in [3.05, 3.63) is 58.0 Å². The van der Waals surface area contributed by atoms with Crippen molar-refractivity contribution in [2.45, 2.75) is 19.9 Å². The number of nitrogens with zero attached hydrogens (tertiary/aromatic N) is 2. The Kier molecular flexibility index (Phi) is 4.30. The average Bonchev–Trinajstić information content (AvgIpc) is 2.42. The standard InChI is InChI=1S/C15H16N2O3/c1-11-8-14(19)17(15(16-11)20-2)10-13(18)9-12-6-4-3-5-7-12/h3-8H,9-10H2,1-2H3. The molecule has 0 radical (unpaired) electrons. The molecule has 0 aliphatic carbocycles. The van der Waals surface area contributed by atoms with E-state index >= 15 is 0 Å². The summed E-state index contributed by atoms with van der Waals surface area (Å²) in [4.78, 5) is 28.0. The second-order valence-electron chi connectivity index (χ2n) is 4.51. The molecule has 0 saturated heterocycles. The van der Waals surface area contributed by atoms with Gasteiger partial charge in [0, 0.05) is 18.2 Å². The Hall–Kier alpha value is -2.43. The lowest BCUT2D eigenvalue weighted by molar-refractivity contribution is -0.119. The predicted molar refractivity (Wildman–Crippen MR) is 74.9 cm³/mol. The van der Waals surface area contributed by atoms with Crippen molar-refractivity contribution < 1.29 is 9.53 Å². The van der Waals surface area contributed by atoms with Crippen LogP contribution < -0.4 is 10.3 Å². The number of aryl methyl sites for hydroxylation is 1. The number of carbonyl (C=O) groups is 1. The van der Waals surface area contributed by atoms with Crippen LogP contribution in [0.25, 0.3) is 0 Å². The summed E-state index contributed by atoms with van der Waals surface area (Å²) in [5.41, 5.74) is 1.21. The number of Topliss-reactive ketones (excluding diaryl/α,β-unsaturated/α-hetero) is 1. The van der Waals surface area contributed by atoms with Gasteiger partial charge in [-0.15, -0.1) is 0 Å². The van der Waals surface area contributed by atoms with Gasteiger partial charge in [0.2, 0.25) is 0 Å². The first-order chi connectivity index (χ1) is 9.60. The van der Waals surface area contributed by atoms with Gasteiger partial charge in [-0.1, -0.05) is 30.3 Å². The van der Waals surface area contributed by atoms with Gasteiger partial charge in [-0.3, -0.25) is 14.2 Å². The Morgan fingerprint density at radius 1 is 1.30 bits per heavy atom. The quantitative estimate of drug-likeness (QED) is 0.825. The van der Waals surface area contributed by atoms with Crippen LogP contribution >= 0.6 is 0 Å². The van der Waals surface area contributed by atoms with Gasteiger partial charge in [-0.2, -0.15) is 0 Å². The van der Waals surface area contributed by atoms with E-state index in [0.29, 0.717) is 5.69 Å². The zero-order valence-electron chi connectivity index (χ0n) is 11.5. The highest BCUT2D eigenvalue weighted by Crippen LogP contribution is 2.06. The summed E-state index contributed by atoms with van der Waals surface area (Å²) in [6.07, 6.45) is 0.282. The molecule has 104 valence electrons. The first-order valence-electron chi connectivity index (χ1n) is 6.28. The SMILES string of the molecule is COc1nc(C)cc(=O)n1CC(=O)Cc1ccccc1. The van der Waals surface area contributed by atoms with Crippen LogP contribution in [0.3, 0.4) is 0 Å². The maximum Gasteiger partial charge on any atom is 0.299 e. The number of benzene rings is 1. The highest BCUT2D eigenvalue weighted by molar-refractivity contribution is 5.80. The summed E-state index contributed by atoms with van der Waals surface area (Å²) in [5, 5.41) is 0. The zero-order valence-corrected chi connectivity index (χ0v) is 11.5. The summed E-state index contributed by atoms with van der Waals surface area (Å²) >= 11 is 0. The summed E-state index contributed by atoms with van der Waals surface area (Å²) in [7, 11) is 1.43.